The van der Waals surface area contributed by atoms with Crippen LogP contribution in [0, 0.1) is 55.4 Å². The third kappa shape index (κ3) is 7.58. The average molecular weight is 461 g/mol. The van der Waals surface area contributed by atoms with E-state index in [9.17, 15) is 0 Å². The van der Waals surface area contributed by atoms with E-state index in [0.29, 0.717) is 0 Å². The highest BCUT2D eigenvalue weighted by Crippen LogP contribution is 2.23. The van der Waals surface area contributed by atoms with Gasteiger partial charge in [0.2, 0.25) is 0 Å². The Labute approximate surface area is 208 Å². The summed E-state index contributed by atoms with van der Waals surface area (Å²) in [7, 11) is 0. The standard InChI is InChI=1S/2C15H22N2/c1-9(2)16-17-14(7)15-11(4)8-10(3)12(5)13(15)6;1-9(2)16-17-14(7)15-12(5)10(3)8-11(4)13(15)6/h2*8H,1-7H3/b2*17-14+. The van der Waals surface area contributed by atoms with E-state index in [-0.39, 0.29) is 0 Å². The van der Waals surface area contributed by atoms with Gasteiger partial charge < -0.3 is 0 Å². The molecule has 0 aliphatic carbocycles. The fourth-order valence-corrected chi connectivity index (χ4v) is 4.05. The molecule has 184 valence electrons. The number of nitrogens with zero attached hydrogens (tertiary/aromatic N) is 4. The van der Waals surface area contributed by atoms with Crippen LogP contribution in [0.25, 0.3) is 0 Å². The van der Waals surface area contributed by atoms with E-state index in [4.69, 9.17) is 0 Å². The van der Waals surface area contributed by atoms with E-state index in [0.717, 1.165) is 22.8 Å². The normalized spacial score (nSPS) is 11.6. The van der Waals surface area contributed by atoms with Gasteiger partial charge in [-0.05, 0) is 141 Å². The second kappa shape index (κ2) is 12.5. The van der Waals surface area contributed by atoms with Gasteiger partial charge in [-0.25, -0.2) is 0 Å². The topological polar surface area (TPSA) is 49.4 Å². The van der Waals surface area contributed by atoms with Crippen molar-refractivity contribution in [2.45, 2.75) is 96.9 Å². The van der Waals surface area contributed by atoms with Crippen LogP contribution in [0.15, 0.2) is 32.5 Å². The highest BCUT2D eigenvalue weighted by molar-refractivity contribution is 6.02. The lowest BCUT2D eigenvalue weighted by atomic mass is 9.92. The van der Waals surface area contributed by atoms with Crippen LogP contribution in [0.1, 0.15) is 97.2 Å². The van der Waals surface area contributed by atoms with Gasteiger partial charge in [-0.15, -0.1) is 0 Å². The molecule has 4 heteroatoms. The van der Waals surface area contributed by atoms with Gasteiger partial charge in [-0.2, -0.15) is 20.4 Å². The molecule has 0 atom stereocenters. The van der Waals surface area contributed by atoms with Crippen LogP contribution in [0.4, 0.5) is 0 Å². The predicted molar refractivity (Wildman–Crippen MR) is 153 cm³/mol. The van der Waals surface area contributed by atoms with E-state index in [1.165, 1.54) is 55.6 Å². The number of rotatable bonds is 4. The monoisotopic (exact) mass is 460 g/mol. The van der Waals surface area contributed by atoms with E-state index < -0.39 is 0 Å². The quantitative estimate of drug-likeness (QED) is 0.326. The first-order chi connectivity index (χ1) is 15.7. The predicted octanol–water partition coefficient (Wildman–Crippen LogP) is 8.25. The van der Waals surface area contributed by atoms with Gasteiger partial charge in [-0.3, -0.25) is 0 Å². The van der Waals surface area contributed by atoms with Crippen LogP contribution < -0.4 is 0 Å². The van der Waals surface area contributed by atoms with Crippen molar-refractivity contribution in [3.8, 4) is 0 Å². The van der Waals surface area contributed by atoms with Crippen molar-refractivity contribution in [1.82, 2.24) is 0 Å². The highest BCUT2D eigenvalue weighted by Gasteiger charge is 2.11. The summed E-state index contributed by atoms with van der Waals surface area (Å²) in [6, 6.07) is 4.45. The van der Waals surface area contributed by atoms with Gasteiger partial charge in [0.1, 0.15) is 0 Å². The average Bonchev–Trinajstić information content (AvgIpc) is 2.74. The van der Waals surface area contributed by atoms with Crippen molar-refractivity contribution in [2.75, 3.05) is 0 Å². The lowest BCUT2D eigenvalue weighted by molar-refractivity contribution is 1.18. The van der Waals surface area contributed by atoms with Crippen LogP contribution in [0.3, 0.4) is 0 Å². The molecule has 0 bridgehead atoms. The van der Waals surface area contributed by atoms with E-state index in [2.05, 4.69) is 87.9 Å². The van der Waals surface area contributed by atoms with E-state index >= 15 is 0 Å². The minimum atomic E-state index is 0.975. The first-order valence-corrected chi connectivity index (χ1v) is 11.9. The first kappa shape index (κ1) is 29.2. The molecule has 0 aromatic heterocycles. The zero-order chi connectivity index (χ0) is 26.3. The van der Waals surface area contributed by atoms with E-state index in [1.54, 1.807) is 0 Å². The molecule has 0 heterocycles. The fraction of sp³-hybridized carbons (Fsp3) is 0.467. The highest BCUT2D eigenvalue weighted by atomic mass is 15.2. The zero-order valence-electron chi connectivity index (χ0n) is 23.9. The number of hydrogen-bond donors (Lipinski definition) is 0. The Morgan fingerprint density at radius 2 is 0.765 bits per heavy atom. The van der Waals surface area contributed by atoms with Gasteiger partial charge in [0.15, 0.2) is 0 Å². The van der Waals surface area contributed by atoms with Gasteiger partial charge in [0, 0.05) is 22.6 Å². The maximum Gasteiger partial charge on any atom is 0.0677 e. The lowest BCUT2D eigenvalue weighted by Crippen LogP contribution is -2.05. The van der Waals surface area contributed by atoms with Crippen molar-refractivity contribution in [3.63, 3.8) is 0 Å². The molecule has 4 nitrogen and oxygen atoms in total. The molecule has 0 spiro atoms. The lowest BCUT2D eigenvalue weighted by Gasteiger charge is -2.14. The van der Waals surface area contributed by atoms with Crippen molar-refractivity contribution in [2.24, 2.45) is 20.4 Å². The van der Waals surface area contributed by atoms with Gasteiger partial charge in [0.25, 0.3) is 0 Å². The molecule has 0 saturated heterocycles. The molecule has 2 aromatic rings. The summed E-state index contributed by atoms with van der Waals surface area (Å²) >= 11 is 0. The Hall–Kier alpha value is -2.88. The minimum Gasteiger partial charge on any atom is -0.160 e. The Balaban J connectivity index is 0.000000340. The second-order valence-corrected chi connectivity index (χ2v) is 9.74. The van der Waals surface area contributed by atoms with Crippen molar-refractivity contribution in [1.29, 1.82) is 0 Å². The molecule has 0 aliphatic rings. The summed E-state index contributed by atoms with van der Waals surface area (Å²) in [6.07, 6.45) is 0. The molecular formula is C30H44N4. The molecule has 34 heavy (non-hydrogen) atoms. The molecule has 0 radical (unpaired) electrons. The smallest absolute Gasteiger partial charge is 0.0677 e. The summed E-state index contributed by atoms with van der Waals surface area (Å²) in [5, 5.41) is 16.9. The maximum atomic E-state index is 4.30. The SMILES string of the molecule is CC(C)=N/N=C(\C)c1c(C)c(C)cc(C)c1C.CC(C)=N/N=C(\C)c1c(C)cc(C)c(C)c1C. The fourth-order valence-electron chi connectivity index (χ4n) is 4.05. The Bertz CT molecular complexity index is 1140. The number of aryl methyl sites for hydroxylation is 4. The van der Waals surface area contributed by atoms with Crippen LogP contribution in [-0.4, -0.2) is 22.8 Å². The van der Waals surface area contributed by atoms with Crippen LogP contribution in [0.2, 0.25) is 0 Å². The van der Waals surface area contributed by atoms with Gasteiger partial charge in [-0.1, -0.05) is 12.1 Å². The molecular weight excluding hydrogens is 416 g/mol. The maximum absolute atomic E-state index is 4.30. The summed E-state index contributed by atoms with van der Waals surface area (Å²) in [6.45, 7) is 29.1. The molecule has 2 rings (SSSR count). The minimum absolute atomic E-state index is 0.975. The molecule has 2 aromatic carbocycles. The van der Waals surface area contributed by atoms with Crippen molar-refractivity contribution >= 4 is 22.8 Å². The zero-order valence-corrected chi connectivity index (χ0v) is 23.9. The van der Waals surface area contributed by atoms with Crippen molar-refractivity contribution < 1.29 is 0 Å². The third-order valence-electron chi connectivity index (χ3n) is 6.25. The molecule has 0 fully saturated rings. The van der Waals surface area contributed by atoms with Gasteiger partial charge >= 0.3 is 0 Å². The molecule has 0 aliphatic heterocycles. The molecule has 0 N–H and O–H groups in total. The largest absolute Gasteiger partial charge is 0.160 e. The van der Waals surface area contributed by atoms with Crippen molar-refractivity contribution in [3.05, 3.63) is 67.8 Å². The second-order valence-electron chi connectivity index (χ2n) is 9.74. The number of benzene rings is 2. The van der Waals surface area contributed by atoms with Crippen LogP contribution in [0.5, 0.6) is 0 Å². The Morgan fingerprint density at radius 3 is 1.18 bits per heavy atom. The summed E-state index contributed by atoms with van der Waals surface area (Å²) in [5.41, 5.74) is 16.9. The first-order valence-electron chi connectivity index (χ1n) is 11.9. The molecule has 0 saturated carbocycles. The summed E-state index contributed by atoms with van der Waals surface area (Å²) in [5.74, 6) is 0. The number of hydrogen-bond acceptors (Lipinski definition) is 4. The van der Waals surface area contributed by atoms with E-state index in [1.807, 2.05) is 41.5 Å². The Morgan fingerprint density at radius 1 is 0.412 bits per heavy atom. The Kier molecular flexibility index (Phi) is 10.8. The summed E-state index contributed by atoms with van der Waals surface area (Å²) in [4.78, 5) is 0. The van der Waals surface area contributed by atoms with Crippen LogP contribution >= 0.6 is 0 Å². The van der Waals surface area contributed by atoms with Crippen LogP contribution in [-0.2, 0) is 0 Å². The third-order valence-corrected chi connectivity index (χ3v) is 6.25. The summed E-state index contributed by atoms with van der Waals surface area (Å²) < 4.78 is 0. The molecule has 0 amide bonds. The molecule has 0 unspecified atom stereocenters. The van der Waals surface area contributed by atoms with Gasteiger partial charge in [0.05, 0.1) is 11.4 Å².